The summed E-state index contributed by atoms with van der Waals surface area (Å²) in [4.78, 5) is 31.5. The van der Waals surface area contributed by atoms with E-state index in [1.54, 1.807) is 4.90 Å². The third-order valence-electron chi connectivity index (χ3n) is 6.84. The maximum atomic E-state index is 13.3. The van der Waals surface area contributed by atoms with E-state index in [9.17, 15) is 9.59 Å². The maximum Gasteiger partial charge on any atom is 0.234 e. The molecule has 6 heteroatoms. The normalized spacial score (nSPS) is 28.5. The lowest BCUT2D eigenvalue weighted by atomic mass is 9.77. The molecule has 4 unspecified atom stereocenters. The van der Waals surface area contributed by atoms with Gasteiger partial charge in [0.25, 0.3) is 0 Å². The third-order valence-corrected chi connectivity index (χ3v) is 6.84. The first-order valence-corrected chi connectivity index (χ1v) is 10.7. The van der Waals surface area contributed by atoms with Crippen LogP contribution in [-0.4, -0.2) is 41.6 Å². The van der Waals surface area contributed by atoms with Crippen molar-refractivity contribution in [1.29, 1.82) is 0 Å². The van der Waals surface area contributed by atoms with Crippen molar-refractivity contribution in [2.24, 2.45) is 11.8 Å². The molecule has 4 atom stereocenters. The highest BCUT2D eigenvalue weighted by molar-refractivity contribution is 6.03. The smallest absolute Gasteiger partial charge is 0.234 e. The Hall–Kier alpha value is -3.38. The van der Waals surface area contributed by atoms with Gasteiger partial charge in [0.05, 0.1) is 24.5 Å². The number of hydrogen-bond donors (Lipinski definition) is 2. The molecule has 6 rings (SSSR count). The predicted octanol–water partition coefficient (Wildman–Crippen LogP) is 2.81. The number of nitrogens with zero attached hydrogens (tertiary/aromatic N) is 1. The molecule has 2 amide bonds. The van der Waals surface area contributed by atoms with Crippen molar-refractivity contribution in [1.82, 2.24) is 10.3 Å². The van der Waals surface area contributed by atoms with Crippen LogP contribution in [-0.2, 0) is 20.7 Å². The zero-order valence-electron chi connectivity index (χ0n) is 17.0. The highest BCUT2D eigenvalue weighted by atomic mass is 16.5. The molecule has 0 aliphatic carbocycles. The molecular formula is C25H23N3O3. The molecule has 2 aromatic carbocycles. The van der Waals surface area contributed by atoms with Gasteiger partial charge in [0.1, 0.15) is 5.60 Å². The zero-order valence-corrected chi connectivity index (χ0v) is 17.0. The molecule has 6 nitrogen and oxygen atoms in total. The molecular weight excluding hydrogens is 390 g/mol. The number of H-pyrrole nitrogens is 1. The molecule has 0 radical (unpaired) electrons. The number of carbonyl (C=O) groups excluding carboxylic acids is 2. The standard InChI is InChI=1S/C25H23N3O3/c29-23(26-13-11-16-14-27-19-9-5-4-8-18(16)19)21-20-10-12-25(31-20)15-28(24(30)22(21)25)17-6-2-1-3-7-17/h1-10,12,14,20-22,27H,11,13,15H2,(H,26,29). The SMILES string of the molecule is O=C(NCCc1c[nH]c2ccccc12)C1C2C=CC3(CN(c4ccccc4)C(=O)C13)O2. The summed E-state index contributed by atoms with van der Waals surface area (Å²) in [7, 11) is 0. The van der Waals surface area contributed by atoms with Gasteiger partial charge in [0, 0.05) is 29.3 Å². The van der Waals surface area contributed by atoms with Gasteiger partial charge >= 0.3 is 0 Å². The number of ether oxygens (including phenoxy) is 1. The van der Waals surface area contributed by atoms with Gasteiger partial charge < -0.3 is 19.9 Å². The van der Waals surface area contributed by atoms with Gasteiger partial charge in [-0.25, -0.2) is 0 Å². The topological polar surface area (TPSA) is 74.4 Å². The number of benzene rings is 2. The Morgan fingerprint density at radius 3 is 2.84 bits per heavy atom. The number of aromatic nitrogens is 1. The summed E-state index contributed by atoms with van der Waals surface area (Å²) in [5.41, 5.74) is 2.41. The van der Waals surface area contributed by atoms with Gasteiger partial charge in [-0.15, -0.1) is 0 Å². The third kappa shape index (κ3) is 2.75. The molecule has 1 aromatic heterocycles. The lowest BCUT2D eigenvalue weighted by Gasteiger charge is -2.23. The largest absolute Gasteiger partial charge is 0.361 e. The van der Waals surface area contributed by atoms with Crippen molar-refractivity contribution in [3.63, 3.8) is 0 Å². The average Bonchev–Trinajstić information content (AvgIpc) is 3.54. The van der Waals surface area contributed by atoms with Crippen LogP contribution in [0.3, 0.4) is 0 Å². The van der Waals surface area contributed by atoms with Crippen LogP contribution in [0, 0.1) is 11.8 Å². The van der Waals surface area contributed by atoms with Crippen LogP contribution in [0.5, 0.6) is 0 Å². The van der Waals surface area contributed by atoms with Crippen LogP contribution in [0.2, 0.25) is 0 Å². The number of aromatic amines is 1. The average molecular weight is 413 g/mol. The molecule has 2 N–H and O–H groups in total. The van der Waals surface area contributed by atoms with Gasteiger partial charge in [0.15, 0.2) is 0 Å². The molecule has 2 saturated heterocycles. The molecule has 1 spiro atoms. The number of fused-ring (bicyclic) bond motifs is 2. The van der Waals surface area contributed by atoms with Gasteiger partial charge in [-0.2, -0.15) is 0 Å². The van der Waals surface area contributed by atoms with E-state index < -0.39 is 17.4 Å². The highest BCUT2D eigenvalue weighted by Gasteiger charge is 2.66. The van der Waals surface area contributed by atoms with Crippen LogP contribution in [0.15, 0.2) is 72.9 Å². The Balaban J connectivity index is 1.18. The van der Waals surface area contributed by atoms with E-state index in [1.807, 2.05) is 66.9 Å². The zero-order chi connectivity index (χ0) is 21.0. The molecule has 3 aromatic rings. The van der Waals surface area contributed by atoms with Crippen molar-refractivity contribution in [2.45, 2.75) is 18.1 Å². The van der Waals surface area contributed by atoms with E-state index >= 15 is 0 Å². The Labute approximate surface area is 179 Å². The molecule has 2 fully saturated rings. The second-order valence-corrected chi connectivity index (χ2v) is 8.56. The maximum absolute atomic E-state index is 13.3. The fraction of sp³-hybridized carbons (Fsp3) is 0.280. The number of anilines is 1. The quantitative estimate of drug-likeness (QED) is 0.632. The number of hydrogen-bond acceptors (Lipinski definition) is 3. The van der Waals surface area contributed by atoms with Crippen LogP contribution in [0.25, 0.3) is 10.9 Å². The van der Waals surface area contributed by atoms with Crippen LogP contribution in [0.4, 0.5) is 5.69 Å². The number of nitrogens with one attached hydrogen (secondary N) is 2. The monoisotopic (exact) mass is 413 g/mol. The van der Waals surface area contributed by atoms with Crippen LogP contribution < -0.4 is 10.2 Å². The van der Waals surface area contributed by atoms with Gasteiger partial charge in [-0.05, 0) is 30.2 Å². The lowest BCUT2D eigenvalue weighted by molar-refractivity contribution is -0.131. The summed E-state index contributed by atoms with van der Waals surface area (Å²) in [5.74, 6) is -1.11. The fourth-order valence-electron chi connectivity index (χ4n) is 5.40. The summed E-state index contributed by atoms with van der Waals surface area (Å²) < 4.78 is 6.21. The first-order chi connectivity index (χ1) is 15.2. The summed E-state index contributed by atoms with van der Waals surface area (Å²) in [6.45, 7) is 0.969. The number of carbonyl (C=O) groups is 2. The Bertz CT molecular complexity index is 1200. The summed E-state index contributed by atoms with van der Waals surface area (Å²) in [6.07, 6.45) is 6.32. The van der Waals surface area contributed by atoms with Crippen molar-refractivity contribution >= 4 is 28.4 Å². The second-order valence-electron chi connectivity index (χ2n) is 8.56. The Morgan fingerprint density at radius 1 is 1.16 bits per heavy atom. The Kier molecular flexibility index (Phi) is 4.05. The number of rotatable bonds is 5. The van der Waals surface area contributed by atoms with Crippen molar-refractivity contribution in [3.8, 4) is 0 Å². The van der Waals surface area contributed by atoms with E-state index in [-0.39, 0.29) is 17.9 Å². The van der Waals surface area contributed by atoms with Crippen LogP contribution >= 0.6 is 0 Å². The molecule has 4 heterocycles. The summed E-state index contributed by atoms with van der Waals surface area (Å²) in [5, 5.41) is 4.23. The van der Waals surface area contributed by atoms with Crippen molar-refractivity contribution in [3.05, 3.63) is 78.5 Å². The minimum absolute atomic E-state index is 0.0326. The molecule has 31 heavy (non-hydrogen) atoms. The first-order valence-electron chi connectivity index (χ1n) is 10.7. The summed E-state index contributed by atoms with van der Waals surface area (Å²) >= 11 is 0. The Morgan fingerprint density at radius 2 is 1.97 bits per heavy atom. The predicted molar refractivity (Wildman–Crippen MR) is 118 cm³/mol. The summed E-state index contributed by atoms with van der Waals surface area (Å²) in [6, 6.07) is 17.7. The number of amides is 2. The molecule has 3 aliphatic heterocycles. The van der Waals surface area contributed by atoms with E-state index in [1.165, 1.54) is 10.9 Å². The molecule has 156 valence electrons. The highest BCUT2D eigenvalue weighted by Crippen LogP contribution is 2.52. The molecule has 3 aliphatic rings. The van der Waals surface area contributed by atoms with Crippen molar-refractivity contribution in [2.75, 3.05) is 18.0 Å². The van der Waals surface area contributed by atoms with E-state index in [4.69, 9.17) is 4.74 Å². The molecule has 0 saturated carbocycles. The second kappa shape index (κ2) is 6.82. The van der Waals surface area contributed by atoms with Crippen molar-refractivity contribution < 1.29 is 14.3 Å². The number of para-hydroxylation sites is 2. The van der Waals surface area contributed by atoms with Gasteiger partial charge in [0.2, 0.25) is 11.8 Å². The minimum atomic E-state index is -0.698. The van der Waals surface area contributed by atoms with Crippen LogP contribution in [0.1, 0.15) is 5.56 Å². The molecule has 2 bridgehead atoms. The van der Waals surface area contributed by atoms with Gasteiger partial charge in [-0.1, -0.05) is 48.6 Å². The first kappa shape index (κ1) is 18.4. The minimum Gasteiger partial charge on any atom is -0.361 e. The lowest BCUT2D eigenvalue weighted by Crippen LogP contribution is -2.44. The van der Waals surface area contributed by atoms with E-state index in [0.717, 1.165) is 17.6 Å². The van der Waals surface area contributed by atoms with E-state index in [0.29, 0.717) is 13.1 Å². The van der Waals surface area contributed by atoms with Gasteiger partial charge in [-0.3, -0.25) is 9.59 Å². The van der Waals surface area contributed by atoms with E-state index in [2.05, 4.69) is 16.4 Å². The fourth-order valence-corrected chi connectivity index (χ4v) is 5.40.